The first-order valence-corrected chi connectivity index (χ1v) is 6.34. The van der Waals surface area contributed by atoms with Crippen molar-refractivity contribution in [2.75, 3.05) is 0 Å². The minimum Gasteiger partial charge on any atom is -0.478 e. The van der Waals surface area contributed by atoms with Gasteiger partial charge in [0, 0.05) is 23.7 Å². The van der Waals surface area contributed by atoms with Crippen LogP contribution in [-0.4, -0.2) is 21.4 Å². The van der Waals surface area contributed by atoms with Crippen LogP contribution in [0.5, 0.6) is 0 Å². The van der Waals surface area contributed by atoms with Crippen LogP contribution in [0.1, 0.15) is 46.5 Å². The normalized spacial score (nSPS) is 10.9. The number of fused-ring (bicyclic) bond motifs is 1. The van der Waals surface area contributed by atoms with Gasteiger partial charge in [0.2, 0.25) is 0 Å². The predicted molar refractivity (Wildman–Crippen MR) is 73.9 cm³/mol. The summed E-state index contributed by atoms with van der Waals surface area (Å²) < 4.78 is 1.88. The minimum absolute atomic E-state index is 0.0416. The third kappa shape index (κ3) is 2.14. The largest absolute Gasteiger partial charge is 0.478 e. The van der Waals surface area contributed by atoms with E-state index in [0.717, 1.165) is 11.8 Å². The zero-order valence-electron chi connectivity index (χ0n) is 11.4. The van der Waals surface area contributed by atoms with Crippen LogP contribution in [0.4, 0.5) is 0 Å². The number of nitrogens with zero attached hydrogens (tertiary/aromatic N) is 1. The Bertz CT molecular complexity index is 668. The summed E-state index contributed by atoms with van der Waals surface area (Å²) in [5, 5.41) is 10.1. The molecule has 0 radical (unpaired) electrons. The first kappa shape index (κ1) is 13.3. The summed E-state index contributed by atoms with van der Waals surface area (Å²) in [4.78, 5) is 23.2. The maximum atomic E-state index is 11.7. The van der Waals surface area contributed by atoms with Gasteiger partial charge in [-0.3, -0.25) is 4.79 Å². The van der Waals surface area contributed by atoms with Gasteiger partial charge in [-0.2, -0.15) is 0 Å². The number of carbonyl (C=O) groups excluding carboxylic acids is 1. The van der Waals surface area contributed by atoms with Gasteiger partial charge in [-0.1, -0.05) is 19.1 Å². The highest BCUT2D eigenvalue weighted by atomic mass is 16.4. The quantitative estimate of drug-likeness (QED) is 0.857. The number of hydrogen-bond acceptors (Lipinski definition) is 2. The van der Waals surface area contributed by atoms with E-state index < -0.39 is 5.97 Å². The molecule has 2 rings (SSSR count). The fourth-order valence-electron chi connectivity index (χ4n) is 2.47. The van der Waals surface area contributed by atoms with Crippen molar-refractivity contribution in [1.82, 2.24) is 4.57 Å². The van der Waals surface area contributed by atoms with E-state index in [9.17, 15) is 14.7 Å². The molecule has 0 saturated carbocycles. The minimum atomic E-state index is -0.950. The molecule has 1 N–H and O–H groups in total. The second-order valence-corrected chi connectivity index (χ2v) is 4.75. The number of rotatable bonds is 4. The number of ketones is 1. The second-order valence-electron chi connectivity index (χ2n) is 4.75. The van der Waals surface area contributed by atoms with Gasteiger partial charge in [0.25, 0.3) is 0 Å². The fourth-order valence-corrected chi connectivity index (χ4v) is 2.47. The van der Waals surface area contributed by atoms with E-state index in [1.165, 1.54) is 6.92 Å². The lowest BCUT2D eigenvalue weighted by Gasteiger charge is -2.08. The van der Waals surface area contributed by atoms with E-state index in [0.29, 0.717) is 28.8 Å². The van der Waals surface area contributed by atoms with E-state index in [-0.39, 0.29) is 5.78 Å². The van der Waals surface area contributed by atoms with Crippen LogP contribution in [0.2, 0.25) is 0 Å². The van der Waals surface area contributed by atoms with Crippen molar-refractivity contribution in [3.8, 4) is 0 Å². The summed E-state index contributed by atoms with van der Waals surface area (Å²) in [6.07, 6.45) is 2.65. The number of carboxylic acids is 1. The van der Waals surface area contributed by atoms with Crippen LogP contribution < -0.4 is 0 Å². The van der Waals surface area contributed by atoms with Crippen LogP contribution in [0, 0.1) is 6.92 Å². The highest BCUT2D eigenvalue weighted by molar-refractivity contribution is 6.12. The Morgan fingerprint density at radius 2 is 2.00 bits per heavy atom. The van der Waals surface area contributed by atoms with Gasteiger partial charge in [0.05, 0.1) is 11.1 Å². The molecular formula is C15H17NO3. The summed E-state index contributed by atoms with van der Waals surface area (Å²) >= 11 is 0. The molecule has 4 nitrogen and oxygen atoms in total. The van der Waals surface area contributed by atoms with Crippen molar-refractivity contribution < 1.29 is 14.7 Å². The average Bonchev–Trinajstić information content (AvgIpc) is 2.68. The Hall–Kier alpha value is -2.10. The zero-order chi connectivity index (χ0) is 14.2. The van der Waals surface area contributed by atoms with Crippen LogP contribution in [0.15, 0.2) is 18.3 Å². The van der Waals surface area contributed by atoms with Crippen molar-refractivity contribution >= 4 is 22.7 Å². The monoisotopic (exact) mass is 259 g/mol. The lowest BCUT2D eigenvalue weighted by atomic mass is 10.0. The average molecular weight is 259 g/mol. The number of hydrogen-bond donors (Lipinski definition) is 1. The number of Topliss-reactive ketones (excluding diaryl/α,β-unsaturated/α-hetero) is 1. The molecule has 0 spiro atoms. The van der Waals surface area contributed by atoms with Gasteiger partial charge >= 0.3 is 5.97 Å². The van der Waals surface area contributed by atoms with Gasteiger partial charge in [-0.05, 0) is 25.8 Å². The molecule has 0 amide bonds. The maximum absolute atomic E-state index is 11.7. The summed E-state index contributed by atoms with van der Waals surface area (Å²) in [7, 11) is 0. The Kier molecular flexibility index (Phi) is 3.42. The number of carboxylic acid groups (broad SMARTS) is 1. The molecule has 0 aliphatic carbocycles. The van der Waals surface area contributed by atoms with Crippen molar-refractivity contribution in [2.24, 2.45) is 0 Å². The summed E-state index contributed by atoms with van der Waals surface area (Å²) in [5.74, 6) is -0.992. The number of aromatic nitrogens is 1. The lowest BCUT2D eigenvalue weighted by Crippen LogP contribution is -2.05. The van der Waals surface area contributed by atoms with Crippen molar-refractivity contribution in [2.45, 2.75) is 33.7 Å². The smallest absolute Gasteiger partial charge is 0.338 e. The standard InChI is InChI=1S/C15H17NO3/c1-4-7-16-8-12(10(3)17)11-6-5-9(2)13(14(11)16)15(18)19/h5-6,8H,4,7H2,1-3H3,(H,18,19). The van der Waals surface area contributed by atoms with E-state index in [1.807, 2.05) is 17.6 Å². The highest BCUT2D eigenvalue weighted by Crippen LogP contribution is 2.28. The third-order valence-electron chi connectivity index (χ3n) is 3.31. The van der Waals surface area contributed by atoms with Crippen molar-refractivity contribution in [1.29, 1.82) is 0 Å². The SMILES string of the molecule is CCCn1cc(C(C)=O)c2ccc(C)c(C(=O)O)c21. The molecule has 19 heavy (non-hydrogen) atoms. The third-order valence-corrected chi connectivity index (χ3v) is 3.31. The molecule has 0 unspecified atom stereocenters. The zero-order valence-corrected chi connectivity index (χ0v) is 11.4. The summed E-state index contributed by atoms with van der Waals surface area (Å²) in [5.41, 5.74) is 2.24. The van der Waals surface area contributed by atoms with Crippen molar-refractivity contribution in [3.63, 3.8) is 0 Å². The Labute approximate surface area is 111 Å². The Morgan fingerprint density at radius 1 is 1.32 bits per heavy atom. The summed E-state index contributed by atoms with van der Waals surface area (Å²) in [6.45, 7) is 6.01. The lowest BCUT2D eigenvalue weighted by molar-refractivity contribution is 0.0697. The predicted octanol–water partition coefficient (Wildman–Crippen LogP) is 3.26. The van der Waals surface area contributed by atoms with Crippen LogP contribution >= 0.6 is 0 Å². The summed E-state index contributed by atoms with van der Waals surface area (Å²) in [6, 6.07) is 3.59. The van der Waals surface area contributed by atoms with Crippen LogP contribution in [0.3, 0.4) is 0 Å². The molecule has 0 saturated heterocycles. The first-order chi connectivity index (χ1) is 8.97. The van der Waals surface area contributed by atoms with Gasteiger partial charge in [-0.15, -0.1) is 0 Å². The van der Waals surface area contributed by atoms with E-state index in [4.69, 9.17) is 0 Å². The van der Waals surface area contributed by atoms with Crippen LogP contribution in [0.25, 0.3) is 10.9 Å². The number of aryl methyl sites for hydroxylation is 2. The number of carbonyl (C=O) groups is 2. The van der Waals surface area contributed by atoms with Gasteiger partial charge in [0.1, 0.15) is 0 Å². The van der Waals surface area contributed by atoms with E-state index in [2.05, 4.69) is 0 Å². The molecule has 0 bridgehead atoms. The van der Waals surface area contributed by atoms with E-state index in [1.54, 1.807) is 19.2 Å². The molecule has 1 aromatic carbocycles. The maximum Gasteiger partial charge on any atom is 0.338 e. The molecule has 2 aromatic rings. The Morgan fingerprint density at radius 3 is 2.53 bits per heavy atom. The Balaban J connectivity index is 2.90. The number of benzene rings is 1. The molecule has 1 aromatic heterocycles. The molecule has 0 aliphatic heterocycles. The molecular weight excluding hydrogens is 242 g/mol. The van der Waals surface area contributed by atoms with Gasteiger partial charge < -0.3 is 9.67 Å². The topological polar surface area (TPSA) is 59.3 Å². The first-order valence-electron chi connectivity index (χ1n) is 6.34. The molecule has 0 atom stereocenters. The van der Waals surface area contributed by atoms with E-state index >= 15 is 0 Å². The fraction of sp³-hybridized carbons (Fsp3) is 0.333. The number of aromatic carboxylic acids is 1. The van der Waals surface area contributed by atoms with Gasteiger partial charge in [-0.25, -0.2) is 4.79 Å². The molecule has 1 heterocycles. The van der Waals surface area contributed by atoms with Crippen LogP contribution in [-0.2, 0) is 6.54 Å². The highest BCUT2D eigenvalue weighted by Gasteiger charge is 2.19. The molecule has 0 fully saturated rings. The van der Waals surface area contributed by atoms with Crippen molar-refractivity contribution in [3.05, 3.63) is 35.0 Å². The van der Waals surface area contributed by atoms with Gasteiger partial charge in [0.15, 0.2) is 5.78 Å². The molecule has 0 aliphatic rings. The second kappa shape index (κ2) is 4.88. The molecule has 100 valence electrons. The molecule has 4 heteroatoms.